The number of rotatable bonds is 20. The molecule has 24 nitrogen and oxygen atoms in total. The Morgan fingerprint density at radius 1 is 0.758 bits per heavy atom. The Labute approximate surface area is 563 Å². The minimum Gasteiger partial charge on any atom is -0.444 e. The van der Waals surface area contributed by atoms with Crippen LogP contribution in [0, 0.1) is 11.8 Å². The van der Waals surface area contributed by atoms with Crippen LogP contribution < -0.4 is 20.9 Å². The molecule has 0 bridgehead atoms. The number of benzene rings is 2. The van der Waals surface area contributed by atoms with Crippen LogP contribution in [0.3, 0.4) is 0 Å². The highest BCUT2D eigenvalue weighted by Crippen LogP contribution is 2.33. The Morgan fingerprint density at radius 3 is 2.13 bits per heavy atom. The van der Waals surface area contributed by atoms with Crippen molar-refractivity contribution >= 4 is 75.9 Å². The maximum atomic E-state index is 14.8. The molecule has 25 heteroatoms. The van der Waals surface area contributed by atoms with E-state index in [1.807, 2.05) is 59.6 Å². The number of alkyl carbamates (subject to hydrolysis) is 1. The average Bonchev–Trinajstić information content (AvgIpc) is 1.70. The number of H-pyrrole nitrogens is 1. The van der Waals surface area contributed by atoms with E-state index in [4.69, 9.17) is 26.1 Å². The Bertz CT molecular complexity index is 3510. The van der Waals surface area contributed by atoms with Crippen molar-refractivity contribution in [2.45, 2.75) is 123 Å². The van der Waals surface area contributed by atoms with E-state index in [9.17, 15) is 33.6 Å². The van der Waals surface area contributed by atoms with Crippen molar-refractivity contribution < 1.29 is 43.0 Å². The molecule has 2 aromatic carbocycles. The fourth-order valence-corrected chi connectivity index (χ4v) is 13.6. The van der Waals surface area contributed by atoms with Gasteiger partial charge in [0.05, 0.1) is 23.7 Å². The standard InChI is InChI=1S/C70H96ClN15O9/c1-9-48-11-10-12-52(39-48)53-41-57(76-58(87)45-86(67(93)95-69(5,6)7)44-50-18-25-79(8)59(88)40-50)61(73-42-53)64(90)85-37-33-82(34-38-85)43-49-19-26-81(27-20-49)46-60(89)83-35-31-80(32-36-83)28-21-56(51-13-15-54(71)16-14-51)77-65(91)70(78-66(92)94-68(2,3)4)22-29-84(30-23-70)63-55-17-24-72-62(55)74-47-75-63/h10-17,24,39,41-42,47,49-50,56H,9,18-23,25-38,40,43-46H2,1-8H3,(H,76,87)(H,77,91)(H,78,92)(H,72,74,75)/t50?,56-/m0/s1. The molecule has 1 unspecified atom stereocenters. The van der Waals surface area contributed by atoms with E-state index in [0.29, 0.717) is 122 Å². The van der Waals surface area contributed by atoms with Crippen LogP contribution in [-0.2, 0) is 35.1 Å². The molecular weight excluding hydrogens is 1230 g/mol. The van der Waals surface area contributed by atoms with Crippen molar-refractivity contribution in [1.29, 1.82) is 0 Å². The molecule has 3 aromatic heterocycles. The van der Waals surface area contributed by atoms with Crippen molar-refractivity contribution in [3.8, 4) is 11.1 Å². The normalized spacial score (nSPS) is 19.1. The molecule has 0 aliphatic carbocycles. The van der Waals surface area contributed by atoms with Crippen LogP contribution in [0.15, 0.2) is 79.4 Å². The summed E-state index contributed by atoms with van der Waals surface area (Å²) in [6.45, 7) is 22.5. The first-order valence-corrected chi connectivity index (χ1v) is 34.2. The maximum Gasteiger partial charge on any atom is 0.410 e. The van der Waals surface area contributed by atoms with Gasteiger partial charge in [-0.25, -0.2) is 24.5 Å². The third-order valence-electron chi connectivity index (χ3n) is 19.0. The summed E-state index contributed by atoms with van der Waals surface area (Å²) in [7, 11) is 1.76. The molecule has 10 rings (SSSR count). The zero-order chi connectivity index (χ0) is 67.6. The highest BCUT2D eigenvalue weighted by atomic mass is 35.5. The molecule has 5 saturated heterocycles. The fourth-order valence-electron chi connectivity index (χ4n) is 13.5. The molecule has 0 saturated carbocycles. The van der Waals surface area contributed by atoms with E-state index in [1.54, 1.807) is 70.7 Å². The van der Waals surface area contributed by atoms with Crippen LogP contribution in [0.25, 0.3) is 22.2 Å². The van der Waals surface area contributed by atoms with Crippen LogP contribution in [0.2, 0.25) is 5.02 Å². The molecule has 7 amide bonds. The number of nitrogens with zero attached hydrogens (tertiary/aromatic N) is 11. The second-order valence-electron chi connectivity index (χ2n) is 28.3. The SMILES string of the molecule is CCc1cccc(-c2cnc(C(=O)N3CCN(CC4CCN(CC(=O)N5CCN(CC[C@H](NC(=O)C6(NC(=O)OC(C)(C)C)CCN(c7ncnc8[nH]ccc78)CC6)c6ccc(Cl)cc6)CC5)CC4)CC3)c(NC(=O)CN(CC3CCN(C)C(=O)C3)C(=O)OC(C)(C)C)c2)c1. The van der Waals surface area contributed by atoms with Gasteiger partial charge in [-0.15, -0.1) is 0 Å². The number of aromatic nitrogens is 4. The summed E-state index contributed by atoms with van der Waals surface area (Å²) in [5.41, 5.74) is 1.88. The summed E-state index contributed by atoms with van der Waals surface area (Å²) >= 11 is 6.37. The summed E-state index contributed by atoms with van der Waals surface area (Å²) in [6, 6.07) is 18.9. The molecule has 5 aromatic rings. The van der Waals surface area contributed by atoms with Gasteiger partial charge in [0.25, 0.3) is 5.91 Å². The number of piperazine rings is 2. The number of pyridine rings is 1. The summed E-state index contributed by atoms with van der Waals surface area (Å²) in [6.07, 6.45) is 8.61. The lowest BCUT2D eigenvalue weighted by molar-refractivity contribution is -0.135. The minimum absolute atomic E-state index is 0.0126. The lowest BCUT2D eigenvalue weighted by atomic mass is 9.85. The van der Waals surface area contributed by atoms with Crippen LogP contribution in [0.1, 0.15) is 121 Å². The average molecular weight is 1330 g/mol. The van der Waals surface area contributed by atoms with E-state index in [2.05, 4.69) is 63.5 Å². The number of halogens is 1. The van der Waals surface area contributed by atoms with Crippen molar-refractivity contribution in [3.05, 3.63) is 101 Å². The number of likely N-dealkylation sites (tertiary alicyclic amines) is 2. The van der Waals surface area contributed by atoms with E-state index in [-0.39, 0.29) is 60.4 Å². The zero-order valence-electron chi connectivity index (χ0n) is 56.6. The number of hydrogen-bond donors (Lipinski definition) is 4. The number of hydrogen-bond acceptors (Lipinski definition) is 16. The molecule has 0 radical (unpaired) electrons. The van der Waals surface area contributed by atoms with Crippen LogP contribution in [-0.4, -0.2) is 238 Å². The van der Waals surface area contributed by atoms with Gasteiger partial charge < -0.3 is 50.0 Å². The van der Waals surface area contributed by atoms with Crippen molar-refractivity contribution in [3.63, 3.8) is 0 Å². The van der Waals surface area contributed by atoms with E-state index >= 15 is 0 Å². The van der Waals surface area contributed by atoms with Crippen molar-refractivity contribution in [2.24, 2.45) is 11.8 Å². The number of fused-ring (bicyclic) bond motifs is 1. The Kier molecular flexibility index (Phi) is 22.7. The molecular formula is C70H96ClN15O9. The van der Waals surface area contributed by atoms with Crippen LogP contribution >= 0.6 is 11.6 Å². The predicted molar refractivity (Wildman–Crippen MR) is 365 cm³/mol. The van der Waals surface area contributed by atoms with Gasteiger partial charge >= 0.3 is 12.2 Å². The number of nitrogens with one attached hydrogen (secondary N) is 4. The van der Waals surface area contributed by atoms with Gasteiger partial charge in [-0.3, -0.25) is 43.6 Å². The van der Waals surface area contributed by atoms with Crippen LogP contribution in [0.5, 0.6) is 0 Å². The summed E-state index contributed by atoms with van der Waals surface area (Å²) in [5.74, 6) is 0.0778. The van der Waals surface area contributed by atoms with Gasteiger partial charge in [0.1, 0.15) is 41.1 Å². The number of piperidine rings is 3. The highest BCUT2D eigenvalue weighted by Gasteiger charge is 2.45. The molecule has 0 spiro atoms. The summed E-state index contributed by atoms with van der Waals surface area (Å²) in [4.78, 5) is 130. The smallest absolute Gasteiger partial charge is 0.410 e. The number of ether oxygens (including phenoxy) is 2. The largest absolute Gasteiger partial charge is 0.444 e. The lowest BCUT2D eigenvalue weighted by Gasteiger charge is -2.42. The summed E-state index contributed by atoms with van der Waals surface area (Å²) < 4.78 is 11.5. The van der Waals surface area contributed by atoms with Gasteiger partial charge in [0.2, 0.25) is 23.6 Å². The number of anilines is 2. The van der Waals surface area contributed by atoms with Gasteiger partial charge in [0.15, 0.2) is 5.69 Å². The fraction of sp³-hybridized carbons (Fsp3) is 0.571. The number of aromatic amines is 1. The highest BCUT2D eigenvalue weighted by molar-refractivity contribution is 6.30. The van der Waals surface area contributed by atoms with Gasteiger partial charge in [-0.05, 0) is 152 Å². The van der Waals surface area contributed by atoms with Gasteiger partial charge in [-0.2, -0.15) is 0 Å². The van der Waals surface area contributed by atoms with Gasteiger partial charge in [0, 0.05) is 128 Å². The molecule has 95 heavy (non-hydrogen) atoms. The predicted octanol–water partition coefficient (Wildman–Crippen LogP) is 7.71. The first-order chi connectivity index (χ1) is 45.4. The zero-order valence-corrected chi connectivity index (χ0v) is 57.3. The monoisotopic (exact) mass is 1330 g/mol. The van der Waals surface area contributed by atoms with Crippen LogP contribution in [0.4, 0.5) is 21.1 Å². The number of carbonyl (C=O) groups excluding carboxylic acids is 7. The van der Waals surface area contributed by atoms with E-state index < -0.39 is 40.9 Å². The molecule has 4 N–H and O–H groups in total. The molecule has 5 aliphatic heterocycles. The first-order valence-electron chi connectivity index (χ1n) is 33.8. The van der Waals surface area contributed by atoms with Crippen molar-refractivity contribution in [2.75, 3.05) is 135 Å². The molecule has 5 fully saturated rings. The third kappa shape index (κ3) is 18.8. The summed E-state index contributed by atoms with van der Waals surface area (Å²) in [5, 5.41) is 10.8. The molecule has 8 heterocycles. The first kappa shape index (κ1) is 69.9. The molecule has 512 valence electrons. The third-order valence-corrected chi connectivity index (χ3v) is 19.2. The Morgan fingerprint density at radius 2 is 1.44 bits per heavy atom. The maximum absolute atomic E-state index is 14.8. The topological polar surface area (TPSA) is 254 Å². The van der Waals surface area contributed by atoms with E-state index in [1.165, 1.54) is 11.2 Å². The number of aryl methyl sites for hydroxylation is 1. The van der Waals surface area contributed by atoms with Gasteiger partial charge in [-0.1, -0.05) is 54.9 Å². The Balaban J connectivity index is 0.690. The quantitative estimate of drug-likeness (QED) is 0.0582. The second kappa shape index (κ2) is 30.9. The number of amides is 7. The minimum atomic E-state index is -1.26. The van der Waals surface area contributed by atoms with Crippen molar-refractivity contribution in [1.82, 2.24) is 64.9 Å². The second-order valence-corrected chi connectivity index (χ2v) is 28.7. The lowest BCUT2D eigenvalue weighted by Crippen LogP contribution is -2.64. The Hall–Kier alpha value is -7.93. The molecule has 2 atom stereocenters. The molecule has 5 aliphatic rings. The number of carbonyl (C=O) groups is 7. The van der Waals surface area contributed by atoms with E-state index in [0.717, 1.165) is 78.0 Å².